The molecule has 0 bridgehead atoms. The van der Waals surface area contributed by atoms with E-state index in [9.17, 15) is 0 Å². The quantitative estimate of drug-likeness (QED) is 0.445. The van der Waals surface area contributed by atoms with E-state index in [4.69, 9.17) is 11.6 Å². The fraction of sp³-hybridized carbons (Fsp3) is 0.0667. The number of rotatable bonds is 1. The Morgan fingerprint density at radius 3 is 2.47 bits per heavy atom. The second kappa shape index (κ2) is 5.06. The number of benzene rings is 2. The molecule has 3 rings (SSSR count). The largest absolute Gasteiger partial charge is 0.232 e. The summed E-state index contributed by atoms with van der Waals surface area (Å²) in [7, 11) is 0. The zero-order valence-electron chi connectivity index (χ0n) is 10.2. The average Bonchev–Trinajstić information content (AvgIpc) is 2.43. The first-order valence-corrected chi connectivity index (χ1v) is 7.29. The Hall–Kier alpha value is -1.20. The molecular formula is C15H10ClIN2. The van der Waals surface area contributed by atoms with E-state index >= 15 is 0 Å². The predicted molar refractivity (Wildman–Crippen MR) is 87.4 cm³/mol. The highest BCUT2D eigenvalue weighted by atomic mass is 127. The van der Waals surface area contributed by atoms with Gasteiger partial charge in [-0.05, 0) is 46.4 Å². The van der Waals surface area contributed by atoms with E-state index in [-0.39, 0.29) is 0 Å². The number of aromatic nitrogens is 2. The van der Waals surface area contributed by atoms with Gasteiger partial charge in [0.2, 0.25) is 0 Å². The highest BCUT2D eigenvalue weighted by molar-refractivity contribution is 14.1. The van der Waals surface area contributed by atoms with Crippen molar-refractivity contribution in [3.8, 4) is 11.4 Å². The van der Waals surface area contributed by atoms with Crippen LogP contribution in [-0.4, -0.2) is 9.97 Å². The lowest BCUT2D eigenvalue weighted by Crippen LogP contribution is -1.96. The standard InChI is InChI=1S/C15H10ClIN2/c1-9-13(17)14(16)19-15(18-9)12-7-6-10-4-2-3-5-11(10)8-12/h2-8H,1H3. The molecule has 0 aliphatic carbocycles. The Kier molecular flexibility index (Phi) is 3.41. The van der Waals surface area contributed by atoms with Gasteiger partial charge in [0.25, 0.3) is 0 Å². The number of aryl methyl sites for hydroxylation is 1. The summed E-state index contributed by atoms with van der Waals surface area (Å²) in [5.74, 6) is 0.675. The molecule has 2 aromatic carbocycles. The molecule has 0 N–H and O–H groups in total. The second-order valence-electron chi connectivity index (χ2n) is 4.30. The van der Waals surface area contributed by atoms with Gasteiger partial charge in [-0.2, -0.15) is 0 Å². The third-order valence-corrected chi connectivity index (χ3v) is 4.87. The smallest absolute Gasteiger partial charge is 0.161 e. The van der Waals surface area contributed by atoms with Crippen LogP contribution in [0.5, 0.6) is 0 Å². The van der Waals surface area contributed by atoms with Crippen molar-refractivity contribution >= 4 is 45.0 Å². The van der Waals surface area contributed by atoms with Crippen LogP contribution in [0, 0.1) is 10.5 Å². The van der Waals surface area contributed by atoms with Crippen LogP contribution >= 0.6 is 34.2 Å². The van der Waals surface area contributed by atoms with E-state index in [1.165, 1.54) is 10.8 Å². The van der Waals surface area contributed by atoms with E-state index in [0.717, 1.165) is 14.8 Å². The predicted octanol–water partition coefficient (Wildman–Crippen LogP) is 4.86. The molecule has 2 nitrogen and oxygen atoms in total. The molecule has 0 amide bonds. The van der Waals surface area contributed by atoms with E-state index < -0.39 is 0 Å². The van der Waals surface area contributed by atoms with Crippen LogP contribution < -0.4 is 0 Å². The fourth-order valence-corrected chi connectivity index (χ4v) is 2.44. The number of nitrogens with zero attached hydrogens (tertiary/aromatic N) is 2. The molecule has 1 heterocycles. The third kappa shape index (κ3) is 2.44. The number of hydrogen-bond donors (Lipinski definition) is 0. The van der Waals surface area contributed by atoms with Gasteiger partial charge in [0, 0.05) is 5.56 Å². The van der Waals surface area contributed by atoms with Crippen LogP contribution in [0.4, 0.5) is 0 Å². The first-order chi connectivity index (χ1) is 9.15. The van der Waals surface area contributed by atoms with Gasteiger partial charge in [-0.3, -0.25) is 0 Å². The van der Waals surface area contributed by atoms with E-state index in [0.29, 0.717) is 11.0 Å². The van der Waals surface area contributed by atoms with Crippen LogP contribution in [0.1, 0.15) is 5.69 Å². The van der Waals surface area contributed by atoms with Crippen LogP contribution in [-0.2, 0) is 0 Å². The zero-order valence-corrected chi connectivity index (χ0v) is 13.1. The first-order valence-electron chi connectivity index (χ1n) is 5.84. The van der Waals surface area contributed by atoms with Gasteiger partial charge >= 0.3 is 0 Å². The lowest BCUT2D eigenvalue weighted by Gasteiger charge is -2.06. The molecule has 19 heavy (non-hydrogen) atoms. The Balaban J connectivity index is 2.19. The summed E-state index contributed by atoms with van der Waals surface area (Å²) in [6.45, 7) is 1.94. The third-order valence-electron chi connectivity index (χ3n) is 2.98. The monoisotopic (exact) mass is 380 g/mol. The van der Waals surface area contributed by atoms with Crippen molar-refractivity contribution in [2.24, 2.45) is 0 Å². The Labute approximate surface area is 130 Å². The minimum Gasteiger partial charge on any atom is -0.232 e. The van der Waals surface area contributed by atoms with Crippen molar-refractivity contribution in [2.45, 2.75) is 6.92 Å². The van der Waals surface area contributed by atoms with Gasteiger partial charge in [-0.25, -0.2) is 9.97 Å². The Morgan fingerprint density at radius 1 is 1.00 bits per heavy atom. The zero-order chi connectivity index (χ0) is 13.4. The van der Waals surface area contributed by atoms with Crippen LogP contribution in [0.3, 0.4) is 0 Å². The van der Waals surface area contributed by atoms with Crippen LogP contribution in [0.25, 0.3) is 22.2 Å². The molecule has 0 atom stereocenters. The molecule has 0 radical (unpaired) electrons. The van der Waals surface area contributed by atoms with Gasteiger partial charge in [-0.1, -0.05) is 48.0 Å². The summed E-state index contributed by atoms with van der Waals surface area (Å²) in [6, 6.07) is 14.4. The lowest BCUT2D eigenvalue weighted by atomic mass is 10.1. The highest BCUT2D eigenvalue weighted by Crippen LogP contribution is 2.25. The molecule has 0 unspecified atom stereocenters. The van der Waals surface area contributed by atoms with Crippen LogP contribution in [0.15, 0.2) is 42.5 Å². The second-order valence-corrected chi connectivity index (χ2v) is 5.74. The summed E-state index contributed by atoms with van der Waals surface area (Å²) in [5, 5.41) is 2.90. The molecule has 0 fully saturated rings. The lowest BCUT2D eigenvalue weighted by molar-refractivity contribution is 1.09. The highest BCUT2D eigenvalue weighted by Gasteiger charge is 2.09. The summed E-state index contributed by atoms with van der Waals surface area (Å²) in [6.07, 6.45) is 0. The van der Waals surface area contributed by atoms with Crippen molar-refractivity contribution in [2.75, 3.05) is 0 Å². The first kappa shape index (κ1) is 12.8. The Bertz CT molecular complexity index is 748. The van der Waals surface area contributed by atoms with Gasteiger partial charge in [-0.15, -0.1) is 0 Å². The fourth-order valence-electron chi connectivity index (χ4n) is 1.98. The van der Waals surface area contributed by atoms with E-state index in [1.54, 1.807) is 0 Å². The van der Waals surface area contributed by atoms with Gasteiger partial charge in [0.05, 0.1) is 9.26 Å². The molecule has 0 saturated carbocycles. The average molecular weight is 381 g/mol. The Morgan fingerprint density at radius 2 is 1.74 bits per heavy atom. The molecule has 0 spiro atoms. The minimum atomic E-state index is 0.510. The van der Waals surface area contributed by atoms with E-state index in [2.05, 4.69) is 56.8 Å². The molecule has 4 heteroatoms. The molecule has 94 valence electrons. The summed E-state index contributed by atoms with van der Waals surface area (Å²) < 4.78 is 0.906. The van der Waals surface area contributed by atoms with Gasteiger partial charge in [0.15, 0.2) is 5.82 Å². The summed E-state index contributed by atoms with van der Waals surface area (Å²) >= 11 is 8.29. The van der Waals surface area contributed by atoms with Gasteiger partial charge in [0.1, 0.15) is 5.15 Å². The number of hydrogen-bond acceptors (Lipinski definition) is 2. The maximum atomic E-state index is 6.13. The van der Waals surface area contributed by atoms with Crippen molar-refractivity contribution in [1.82, 2.24) is 9.97 Å². The van der Waals surface area contributed by atoms with Gasteiger partial charge < -0.3 is 0 Å². The van der Waals surface area contributed by atoms with Crippen molar-refractivity contribution in [3.63, 3.8) is 0 Å². The molecule has 1 aromatic heterocycles. The minimum absolute atomic E-state index is 0.510. The maximum absolute atomic E-state index is 6.13. The summed E-state index contributed by atoms with van der Waals surface area (Å²) in [5.41, 5.74) is 1.89. The molecule has 0 saturated heterocycles. The number of fused-ring (bicyclic) bond motifs is 1. The van der Waals surface area contributed by atoms with Crippen LogP contribution in [0.2, 0.25) is 5.15 Å². The molecule has 0 aliphatic rings. The van der Waals surface area contributed by atoms with Crippen molar-refractivity contribution < 1.29 is 0 Å². The summed E-state index contributed by atoms with van der Waals surface area (Å²) in [4.78, 5) is 8.86. The topological polar surface area (TPSA) is 25.8 Å². The molecular weight excluding hydrogens is 371 g/mol. The van der Waals surface area contributed by atoms with Crippen molar-refractivity contribution in [3.05, 3.63) is 56.9 Å². The maximum Gasteiger partial charge on any atom is 0.161 e. The normalized spacial score (nSPS) is 10.9. The molecule has 0 aliphatic heterocycles. The SMILES string of the molecule is Cc1nc(-c2ccc3ccccc3c2)nc(Cl)c1I. The number of halogens is 2. The van der Waals surface area contributed by atoms with Crippen molar-refractivity contribution in [1.29, 1.82) is 0 Å². The van der Waals surface area contributed by atoms with E-state index in [1.807, 2.05) is 25.1 Å². The molecule has 3 aromatic rings.